The van der Waals surface area contributed by atoms with E-state index in [-0.39, 0.29) is 41.4 Å². The number of aromatic carboxylic acids is 1. The minimum Gasteiger partial charge on any atom is -0.494 e. The Bertz CT molecular complexity index is 3400. The Morgan fingerprint density at radius 2 is 1.64 bits per heavy atom. The van der Waals surface area contributed by atoms with E-state index in [1.807, 2.05) is 113 Å². The lowest BCUT2D eigenvalue weighted by atomic mass is 9.92. The second kappa shape index (κ2) is 21.7. The van der Waals surface area contributed by atoms with Crippen LogP contribution in [0.15, 0.2) is 91.0 Å². The number of piperazine rings is 2. The average molecular weight is 1060 g/mol. The number of thiazole rings is 1. The lowest BCUT2D eigenvalue weighted by Crippen LogP contribution is -2.60. The summed E-state index contributed by atoms with van der Waals surface area (Å²) < 4.78 is 9.07. The Morgan fingerprint density at radius 1 is 0.857 bits per heavy atom. The number of anilines is 3. The first kappa shape index (κ1) is 51.4. The van der Waals surface area contributed by atoms with Gasteiger partial charge in [0.05, 0.1) is 46.2 Å². The fourth-order valence-corrected chi connectivity index (χ4v) is 12.7. The molecule has 18 nitrogen and oxygen atoms in total. The van der Waals surface area contributed by atoms with Gasteiger partial charge in [0.15, 0.2) is 10.8 Å². The maximum Gasteiger partial charge on any atom is 0.355 e. The standard InChI is InChI=1S/C58H63N11O7S/c1-35-30-39(16-17-40(35)41-18-20-49(60-53(41)57(74)75)68-24-22-38-10-7-11-42(45(38)33-68)55(72)62-58-59-46-13-5-6-15-48(46)77-58)76-29-9-23-65-31-36(2)69(37(3)32-65)34-51(71)67-27-25-66(26-28-67)47-14-8-12-43-52(63-64(4)54(43)47)44-19-21-50(70)61-56(44)73/h5-8,10-18,20,30,36-37,44H,9,19,21-29,31-34H2,1-4H3,(H,74,75)(H,59,62,72)(H,61,70,73). The van der Waals surface area contributed by atoms with Gasteiger partial charge in [-0.2, -0.15) is 5.10 Å². The summed E-state index contributed by atoms with van der Waals surface area (Å²) in [5, 5.41) is 22.1. The number of piperidine rings is 1. The number of carbonyl (C=O) groups excluding carboxylic acids is 4. The molecule has 3 N–H and O–H groups in total. The number of pyridine rings is 1. The number of benzene rings is 4. The van der Waals surface area contributed by atoms with E-state index < -0.39 is 11.9 Å². The van der Waals surface area contributed by atoms with Crippen LogP contribution in [0, 0.1) is 6.92 Å². The van der Waals surface area contributed by atoms with Crippen LogP contribution in [-0.2, 0) is 34.4 Å². The predicted octanol–water partition coefficient (Wildman–Crippen LogP) is 7.10. The van der Waals surface area contributed by atoms with Crippen LogP contribution < -0.4 is 25.2 Å². The number of ether oxygens (including phenoxy) is 1. The Balaban J connectivity index is 0.650. The number of imide groups is 1. The highest BCUT2D eigenvalue weighted by molar-refractivity contribution is 7.22. The van der Waals surface area contributed by atoms with Gasteiger partial charge >= 0.3 is 5.97 Å². The molecule has 0 saturated carbocycles. The molecule has 0 spiro atoms. The SMILES string of the molecule is Cc1cc(OCCCN2CC(C)N(CC(=O)N3CCN(c4cccc5c(C6CCC(=O)NC6=O)nn(C)c45)CC3)C(C)C2)ccc1-c1ccc(N2CCc3cccc(C(=O)Nc4nc5ccccc5s4)c3C2)nc1C(=O)O. The molecule has 11 rings (SSSR count). The highest BCUT2D eigenvalue weighted by Crippen LogP contribution is 2.37. The Kier molecular flexibility index (Phi) is 14.5. The van der Waals surface area contributed by atoms with Crippen molar-refractivity contribution in [2.45, 2.75) is 71.0 Å². The van der Waals surface area contributed by atoms with Gasteiger partial charge in [-0.05, 0) is 111 Å². The number of aromatic nitrogens is 4. The van der Waals surface area contributed by atoms with Gasteiger partial charge in [-0.25, -0.2) is 14.8 Å². The number of hydrogen-bond acceptors (Lipinski definition) is 14. The van der Waals surface area contributed by atoms with E-state index >= 15 is 0 Å². The molecule has 4 amide bonds. The second-order valence-electron chi connectivity index (χ2n) is 20.8. The normalized spacial score (nSPS) is 19.4. The third-order valence-electron chi connectivity index (χ3n) is 15.7. The number of rotatable bonds is 14. The minimum absolute atomic E-state index is 0.0424. The summed E-state index contributed by atoms with van der Waals surface area (Å²) in [5.74, 6) is -0.994. The Morgan fingerprint density at radius 3 is 2.40 bits per heavy atom. The van der Waals surface area contributed by atoms with Crippen molar-refractivity contribution in [3.05, 3.63) is 125 Å². The molecule has 0 radical (unpaired) electrons. The first-order chi connectivity index (χ1) is 37.3. The van der Waals surface area contributed by atoms with E-state index in [9.17, 15) is 29.1 Å². The maximum absolute atomic E-state index is 13.8. The zero-order valence-electron chi connectivity index (χ0n) is 43.8. The topological polar surface area (TPSA) is 199 Å². The molecule has 4 aromatic carbocycles. The summed E-state index contributed by atoms with van der Waals surface area (Å²) in [4.78, 5) is 85.2. The molecule has 7 aromatic rings. The number of aryl methyl sites for hydroxylation is 2. The van der Waals surface area contributed by atoms with E-state index in [2.05, 4.69) is 50.2 Å². The van der Waals surface area contributed by atoms with E-state index in [1.165, 1.54) is 11.3 Å². The van der Waals surface area contributed by atoms with Crippen molar-refractivity contribution in [3.8, 4) is 16.9 Å². The molecule has 4 aliphatic rings. The molecule has 0 bridgehead atoms. The van der Waals surface area contributed by atoms with E-state index in [0.29, 0.717) is 105 Å². The van der Waals surface area contributed by atoms with Gasteiger partial charge in [0.2, 0.25) is 17.7 Å². The zero-order chi connectivity index (χ0) is 53.5. The molecular weight excluding hydrogens is 995 g/mol. The molecule has 3 aromatic heterocycles. The van der Waals surface area contributed by atoms with Crippen LogP contribution in [0.3, 0.4) is 0 Å². The molecule has 3 atom stereocenters. The Labute approximate surface area is 450 Å². The van der Waals surface area contributed by atoms with Crippen LogP contribution in [0.25, 0.3) is 32.2 Å². The molecule has 3 saturated heterocycles. The van der Waals surface area contributed by atoms with E-state index in [1.54, 1.807) is 0 Å². The number of carboxylic acids is 1. The lowest BCUT2D eigenvalue weighted by molar-refractivity contribution is -0.135. The summed E-state index contributed by atoms with van der Waals surface area (Å²) in [7, 11) is 1.89. The third kappa shape index (κ3) is 10.6. The largest absolute Gasteiger partial charge is 0.494 e. The number of carbonyl (C=O) groups is 5. The summed E-state index contributed by atoms with van der Waals surface area (Å²) in [6, 6.07) is 29.4. The molecule has 7 heterocycles. The summed E-state index contributed by atoms with van der Waals surface area (Å²) in [6.45, 7) is 13.4. The summed E-state index contributed by atoms with van der Waals surface area (Å²) in [6.07, 6.45) is 2.23. The smallest absolute Gasteiger partial charge is 0.355 e. The van der Waals surface area contributed by atoms with Gasteiger partial charge in [0.1, 0.15) is 11.6 Å². The van der Waals surface area contributed by atoms with Crippen molar-refractivity contribution in [1.29, 1.82) is 0 Å². The van der Waals surface area contributed by atoms with E-state index in [0.717, 1.165) is 75.1 Å². The predicted molar refractivity (Wildman–Crippen MR) is 297 cm³/mol. The van der Waals surface area contributed by atoms with Crippen molar-refractivity contribution in [2.75, 3.05) is 80.6 Å². The number of fused-ring (bicyclic) bond motifs is 3. The van der Waals surface area contributed by atoms with Gasteiger partial charge in [0, 0.05) is 101 Å². The van der Waals surface area contributed by atoms with Crippen LogP contribution in [-0.4, -0.2) is 147 Å². The molecule has 77 heavy (non-hydrogen) atoms. The fraction of sp³-hybridized carbons (Fsp3) is 0.379. The number of carboxylic acid groups (broad SMARTS) is 1. The van der Waals surface area contributed by atoms with Gasteiger partial charge < -0.3 is 29.4 Å². The number of hydrogen-bond donors (Lipinski definition) is 3. The van der Waals surface area contributed by atoms with Crippen LogP contribution in [0.4, 0.5) is 16.6 Å². The fourth-order valence-electron chi connectivity index (χ4n) is 11.8. The number of para-hydroxylation sites is 2. The monoisotopic (exact) mass is 1060 g/mol. The third-order valence-corrected chi connectivity index (χ3v) is 16.7. The highest BCUT2D eigenvalue weighted by atomic mass is 32.1. The quantitative estimate of drug-likeness (QED) is 0.0736. The summed E-state index contributed by atoms with van der Waals surface area (Å²) in [5.41, 5.74) is 8.11. The first-order valence-corrected chi connectivity index (χ1v) is 27.4. The molecule has 4 aliphatic heterocycles. The summed E-state index contributed by atoms with van der Waals surface area (Å²) >= 11 is 1.43. The molecule has 398 valence electrons. The van der Waals surface area contributed by atoms with Crippen molar-refractivity contribution >= 4 is 78.7 Å². The van der Waals surface area contributed by atoms with Gasteiger partial charge in [0.25, 0.3) is 5.91 Å². The van der Waals surface area contributed by atoms with Crippen molar-refractivity contribution in [2.24, 2.45) is 7.05 Å². The molecule has 0 aliphatic carbocycles. The van der Waals surface area contributed by atoms with Crippen molar-refractivity contribution < 1.29 is 33.8 Å². The van der Waals surface area contributed by atoms with E-state index in [4.69, 9.17) is 14.8 Å². The average Bonchev–Trinajstić information content (AvgIpc) is 4.11. The zero-order valence-corrected chi connectivity index (χ0v) is 44.6. The lowest BCUT2D eigenvalue weighted by Gasteiger charge is -2.45. The molecule has 19 heteroatoms. The van der Waals surface area contributed by atoms with Crippen LogP contribution in [0.2, 0.25) is 0 Å². The van der Waals surface area contributed by atoms with Crippen LogP contribution in [0.1, 0.15) is 82.3 Å². The van der Waals surface area contributed by atoms with Gasteiger partial charge in [-0.1, -0.05) is 53.8 Å². The van der Waals surface area contributed by atoms with Crippen molar-refractivity contribution in [1.82, 2.24) is 39.8 Å². The number of nitrogens with one attached hydrogen (secondary N) is 2. The van der Waals surface area contributed by atoms with Crippen molar-refractivity contribution in [3.63, 3.8) is 0 Å². The highest BCUT2D eigenvalue weighted by Gasteiger charge is 2.35. The van der Waals surface area contributed by atoms with Crippen LogP contribution in [0.5, 0.6) is 5.75 Å². The van der Waals surface area contributed by atoms with Gasteiger partial charge in [-0.15, -0.1) is 0 Å². The molecule has 3 fully saturated rings. The minimum atomic E-state index is -1.12. The first-order valence-electron chi connectivity index (χ1n) is 26.6. The van der Waals surface area contributed by atoms with Crippen LogP contribution >= 0.6 is 11.3 Å². The second-order valence-corrected chi connectivity index (χ2v) is 21.8. The maximum atomic E-state index is 13.8. The van der Waals surface area contributed by atoms with Gasteiger partial charge in [-0.3, -0.25) is 39.4 Å². The Hall–Kier alpha value is -7.74. The molecular formula is C58H63N11O7S. The molecule has 3 unspecified atom stereocenters. The number of nitrogens with zero attached hydrogens (tertiary/aromatic N) is 9. The number of amides is 4.